The fourth-order valence-electron chi connectivity index (χ4n) is 1.93. The molecule has 3 nitrogen and oxygen atoms in total. The third-order valence-corrected chi connectivity index (χ3v) is 3.45. The Balaban J connectivity index is 1.90. The Morgan fingerprint density at radius 1 is 1.73 bits per heavy atom. The molecule has 15 heavy (non-hydrogen) atoms. The highest BCUT2D eigenvalue weighted by Crippen LogP contribution is 2.11. The van der Waals surface area contributed by atoms with Crippen LogP contribution < -0.4 is 5.32 Å². The number of carbonyl (C=O) groups is 1. The maximum Gasteiger partial charge on any atom is 0.254 e. The SMILES string of the molecule is CN(CC1CCCN1)C(=O)c1ccsc1. The minimum Gasteiger partial charge on any atom is -0.340 e. The number of hydrogen-bond donors (Lipinski definition) is 1. The van der Waals surface area contributed by atoms with E-state index in [0.29, 0.717) is 6.04 Å². The second-order valence-electron chi connectivity index (χ2n) is 3.99. The predicted molar refractivity (Wildman–Crippen MR) is 62.3 cm³/mol. The fraction of sp³-hybridized carbons (Fsp3) is 0.545. The molecule has 82 valence electrons. The highest BCUT2D eigenvalue weighted by atomic mass is 32.1. The molecule has 0 bridgehead atoms. The zero-order valence-electron chi connectivity index (χ0n) is 8.90. The molecule has 2 heterocycles. The lowest BCUT2D eigenvalue weighted by atomic mass is 10.2. The summed E-state index contributed by atoms with van der Waals surface area (Å²) < 4.78 is 0. The lowest BCUT2D eigenvalue weighted by Crippen LogP contribution is -2.38. The van der Waals surface area contributed by atoms with Crippen molar-refractivity contribution in [2.24, 2.45) is 0 Å². The minimum absolute atomic E-state index is 0.130. The van der Waals surface area contributed by atoms with E-state index in [2.05, 4.69) is 5.32 Å². The first-order chi connectivity index (χ1) is 7.27. The molecule has 0 saturated carbocycles. The van der Waals surface area contributed by atoms with Crippen molar-refractivity contribution in [2.75, 3.05) is 20.1 Å². The zero-order valence-corrected chi connectivity index (χ0v) is 9.72. The van der Waals surface area contributed by atoms with Gasteiger partial charge in [-0.1, -0.05) is 0 Å². The van der Waals surface area contributed by atoms with Crippen molar-refractivity contribution in [2.45, 2.75) is 18.9 Å². The van der Waals surface area contributed by atoms with Crippen molar-refractivity contribution in [1.82, 2.24) is 10.2 Å². The van der Waals surface area contributed by atoms with Crippen molar-refractivity contribution in [3.8, 4) is 0 Å². The number of amides is 1. The molecule has 1 aliphatic heterocycles. The van der Waals surface area contributed by atoms with Gasteiger partial charge in [0, 0.05) is 25.0 Å². The van der Waals surface area contributed by atoms with Crippen LogP contribution in [0.15, 0.2) is 16.8 Å². The van der Waals surface area contributed by atoms with Gasteiger partial charge >= 0.3 is 0 Å². The van der Waals surface area contributed by atoms with E-state index in [0.717, 1.165) is 18.7 Å². The highest BCUT2D eigenvalue weighted by molar-refractivity contribution is 7.08. The lowest BCUT2D eigenvalue weighted by molar-refractivity contribution is 0.0784. The summed E-state index contributed by atoms with van der Waals surface area (Å²) in [7, 11) is 1.88. The summed E-state index contributed by atoms with van der Waals surface area (Å²) >= 11 is 1.56. The van der Waals surface area contributed by atoms with Gasteiger partial charge in [-0.3, -0.25) is 4.79 Å². The van der Waals surface area contributed by atoms with Crippen LogP contribution in [0.2, 0.25) is 0 Å². The number of carbonyl (C=O) groups excluding carboxylic acids is 1. The minimum atomic E-state index is 0.130. The third kappa shape index (κ3) is 2.58. The molecule has 1 amide bonds. The molecule has 0 aliphatic carbocycles. The Morgan fingerprint density at radius 2 is 2.60 bits per heavy atom. The van der Waals surface area contributed by atoms with Gasteiger partial charge in [0.05, 0.1) is 5.56 Å². The van der Waals surface area contributed by atoms with Crippen molar-refractivity contribution >= 4 is 17.2 Å². The van der Waals surface area contributed by atoms with Crippen LogP contribution in [0.1, 0.15) is 23.2 Å². The molecule has 1 saturated heterocycles. The number of thiophene rings is 1. The van der Waals surface area contributed by atoms with Crippen molar-refractivity contribution in [1.29, 1.82) is 0 Å². The quantitative estimate of drug-likeness (QED) is 0.845. The lowest BCUT2D eigenvalue weighted by Gasteiger charge is -2.20. The molecule has 0 spiro atoms. The van der Waals surface area contributed by atoms with Crippen LogP contribution in [0.5, 0.6) is 0 Å². The molecule has 1 aromatic rings. The van der Waals surface area contributed by atoms with Crippen molar-refractivity contribution < 1.29 is 4.79 Å². The molecule has 0 aromatic carbocycles. The largest absolute Gasteiger partial charge is 0.340 e. The first-order valence-electron chi connectivity index (χ1n) is 5.28. The molecule has 1 fully saturated rings. The van der Waals surface area contributed by atoms with Crippen LogP contribution >= 0.6 is 11.3 Å². The van der Waals surface area contributed by atoms with Gasteiger partial charge in [-0.15, -0.1) is 0 Å². The maximum atomic E-state index is 11.9. The summed E-state index contributed by atoms with van der Waals surface area (Å²) in [6.07, 6.45) is 2.41. The van der Waals surface area contributed by atoms with E-state index >= 15 is 0 Å². The Bertz CT molecular complexity index is 317. The van der Waals surface area contributed by atoms with E-state index in [-0.39, 0.29) is 5.91 Å². The Kier molecular flexibility index (Phi) is 3.38. The van der Waals surface area contributed by atoms with Crippen molar-refractivity contribution in [3.05, 3.63) is 22.4 Å². The van der Waals surface area contributed by atoms with Gasteiger partial charge in [-0.2, -0.15) is 11.3 Å². The van der Waals surface area contributed by atoms with Gasteiger partial charge in [0.1, 0.15) is 0 Å². The van der Waals surface area contributed by atoms with Crippen LogP contribution in [0, 0.1) is 0 Å². The van der Waals surface area contributed by atoms with Gasteiger partial charge in [0.2, 0.25) is 0 Å². The van der Waals surface area contributed by atoms with Crippen LogP contribution in [0.4, 0.5) is 0 Å². The van der Waals surface area contributed by atoms with E-state index in [9.17, 15) is 4.79 Å². The van der Waals surface area contributed by atoms with Gasteiger partial charge < -0.3 is 10.2 Å². The second-order valence-corrected chi connectivity index (χ2v) is 4.77. The van der Waals surface area contributed by atoms with Gasteiger partial charge in [0.15, 0.2) is 0 Å². The van der Waals surface area contributed by atoms with Gasteiger partial charge in [-0.05, 0) is 30.8 Å². The molecule has 1 unspecified atom stereocenters. The fourth-order valence-corrected chi connectivity index (χ4v) is 2.56. The van der Waals surface area contributed by atoms with Crippen LogP contribution in [0.3, 0.4) is 0 Å². The van der Waals surface area contributed by atoms with Crippen LogP contribution in [-0.2, 0) is 0 Å². The molecule has 1 N–H and O–H groups in total. The molecule has 1 aromatic heterocycles. The number of hydrogen-bond acceptors (Lipinski definition) is 3. The molecule has 2 rings (SSSR count). The van der Waals surface area contributed by atoms with Gasteiger partial charge in [-0.25, -0.2) is 0 Å². The van der Waals surface area contributed by atoms with Gasteiger partial charge in [0.25, 0.3) is 5.91 Å². The molecule has 4 heteroatoms. The monoisotopic (exact) mass is 224 g/mol. The highest BCUT2D eigenvalue weighted by Gasteiger charge is 2.19. The van der Waals surface area contributed by atoms with Crippen molar-refractivity contribution in [3.63, 3.8) is 0 Å². The topological polar surface area (TPSA) is 32.3 Å². The average molecular weight is 224 g/mol. The summed E-state index contributed by atoms with van der Waals surface area (Å²) in [5.74, 6) is 0.130. The van der Waals surface area contributed by atoms with E-state index in [4.69, 9.17) is 0 Å². The summed E-state index contributed by atoms with van der Waals surface area (Å²) in [4.78, 5) is 13.7. The Morgan fingerprint density at radius 3 is 3.20 bits per heavy atom. The summed E-state index contributed by atoms with van der Waals surface area (Å²) in [5.41, 5.74) is 0.806. The smallest absolute Gasteiger partial charge is 0.254 e. The third-order valence-electron chi connectivity index (χ3n) is 2.77. The summed E-state index contributed by atoms with van der Waals surface area (Å²) in [6.45, 7) is 1.90. The Hall–Kier alpha value is -0.870. The van der Waals surface area contributed by atoms with E-state index in [1.54, 1.807) is 11.3 Å². The number of likely N-dealkylation sites (N-methyl/N-ethyl adjacent to an activating group) is 1. The Labute approximate surface area is 94.1 Å². The van der Waals surface area contributed by atoms with E-state index in [1.165, 1.54) is 12.8 Å². The van der Waals surface area contributed by atoms with Crippen LogP contribution in [-0.4, -0.2) is 37.0 Å². The maximum absolute atomic E-state index is 11.9. The second kappa shape index (κ2) is 4.77. The number of nitrogens with zero attached hydrogens (tertiary/aromatic N) is 1. The summed E-state index contributed by atoms with van der Waals surface area (Å²) in [6, 6.07) is 2.36. The first-order valence-corrected chi connectivity index (χ1v) is 6.22. The molecule has 1 atom stereocenters. The standard InChI is InChI=1S/C11H16N2OS/c1-13(7-10-3-2-5-12-10)11(14)9-4-6-15-8-9/h4,6,8,10,12H,2-3,5,7H2,1H3. The van der Waals surface area contributed by atoms with E-state index in [1.807, 2.05) is 28.8 Å². The predicted octanol–water partition coefficient (Wildman–Crippen LogP) is 1.57. The number of rotatable bonds is 3. The normalized spacial score (nSPS) is 20.5. The molecular weight excluding hydrogens is 208 g/mol. The zero-order chi connectivity index (χ0) is 10.7. The number of nitrogens with one attached hydrogen (secondary N) is 1. The average Bonchev–Trinajstić information content (AvgIpc) is 2.88. The summed E-state index contributed by atoms with van der Waals surface area (Å²) in [5, 5.41) is 7.24. The molecular formula is C11H16N2OS. The molecule has 0 radical (unpaired) electrons. The van der Waals surface area contributed by atoms with E-state index < -0.39 is 0 Å². The van der Waals surface area contributed by atoms with Crippen LogP contribution in [0.25, 0.3) is 0 Å². The first kappa shape index (κ1) is 10.6. The molecule has 1 aliphatic rings.